The average Bonchev–Trinajstić information content (AvgIpc) is 2.93. The third kappa shape index (κ3) is 2.88. The van der Waals surface area contributed by atoms with Crippen LogP contribution in [0.3, 0.4) is 0 Å². The molecule has 3 heterocycles. The Morgan fingerprint density at radius 3 is 2.71 bits per heavy atom. The van der Waals surface area contributed by atoms with Gasteiger partial charge in [-0.25, -0.2) is 9.07 Å². The molecule has 5 rings (SSSR count). The lowest BCUT2D eigenvalue weighted by Crippen LogP contribution is -2.54. The molecule has 0 aliphatic carbocycles. The Morgan fingerprint density at radius 1 is 1.13 bits per heavy atom. The first-order chi connectivity index (χ1) is 14.9. The molecule has 0 spiro atoms. The second-order valence-corrected chi connectivity index (χ2v) is 8.60. The maximum atomic E-state index is 15.3. The van der Waals surface area contributed by atoms with Crippen LogP contribution < -0.4 is 5.43 Å². The maximum Gasteiger partial charge on any atom is 0.290 e. The predicted molar refractivity (Wildman–Crippen MR) is 113 cm³/mol. The summed E-state index contributed by atoms with van der Waals surface area (Å²) in [4.78, 5) is 25.9. The van der Waals surface area contributed by atoms with Gasteiger partial charge in [0.05, 0.1) is 12.1 Å². The number of carbonyl (C=O) groups excluding carboxylic acids is 1. The molecule has 0 saturated carbocycles. The number of aromatic nitrogens is 2. The highest BCUT2D eigenvalue weighted by Gasteiger charge is 2.44. The standard InChI is InChI=1S/C22H19FN4O3S/c1-25-21(27-19(22(30)26(25)2)20(29)15(28)10-24-27)18-13-7-3-4-9-16(13)31-11-12-6-5-8-14(23)17(12)18/h3-10,18,21,29H,11H2,1-2H3/t18-,21+/m1/s1. The average molecular weight is 438 g/mol. The van der Waals surface area contributed by atoms with Gasteiger partial charge < -0.3 is 5.11 Å². The van der Waals surface area contributed by atoms with Gasteiger partial charge in [-0.1, -0.05) is 30.3 Å². The summed E-state index contributed by atoms with van der Waals surface area (Å²) in [5.41, 5.74) is 1.32. The highest BCUT2D eigenvalue weighted by atomic mass is 32.2. The lowest BCUT2D eigenvalue weighted by Gasteiger charge is -2.44. The van der Waals surface area contributed by atoms with Crippen molar-refractivity contribution in [3.05, 3.63) is 87.1 Å². The van der Waals surface area contributed by atoms with Gasteiger partial charge in [0.15, 0.2) is 11.4 Å². The molecule has 1 aromatic heterocycles. The quantitative estimate of drug-likeness (QED) is 0.630. The van der Waals surface area contributed by atoms with E-state index in [4.69, 9.17) is 0 Å². The summed E-state index contributed by atoms with van der Waals surface area (Å²) in [5, 5.41) is 17.6. The van der Waals surface area contributed by atoms with Crippen molar-refractivity contribution in [3.8, 4) is 5.75 Å². The second kappa shape index (κ2) is 7.21. The summed E-state index contributed by atoms with van der Waals surface area (Å²) in [6, 6.07) is 12.8. The van der Waals surface area contributed by atoms with Crippen LogP contribution in [0.4, 0.5) is 4.39 Å². The Morgan fingerprint density at radius 2 is 1.90 bits per heavy atom. The molecule has 9 heteroatoms. The normalized spacial score (nSPS) is 20.6. The van der Waals surface area contributed by atoms with Crippen molar-refractivity contribution >= 4 is 17.7 Å². The predicted octanol–water partition coefficient (Wildman–Crippen LogP) is 2.96. The van der Waals surface area contributed by atoms with Crippen molar-refractivity contribution in [2.45, 2.75) is 22.7 Å². The van der Waals surface area contributed by atoms with Gasteiger partial charge in [0.1, 0.15) is 12.0 Å². The molecule has 2 aliphatic heterocycles. The number of thioether (sulfide) groups is 1. The molecule has 3 aromatic rings. The summed E-state index contributed by atoms with van der Waals surface area (Å²) in [6.07, 6.45) is 0.289. The largest absolute Gasteiger partial charge is 0.502 e. The number of amides is 1. The van der Waals surface area contributed by atoms with Crippen molar-refractivity contribution in [2.24, 2.45) is 0 Å². The van der Waals surface area contributed by atoms with E-state index >= 15 is 4.39 Å². The van der Waals surface area contributed by atoms with Crippen LogP contribution in [0.15, 0.2) is 58.4 Å². The SMILES string of the molecule is CN1C(=O)c2c(O)c(=O)cnn2[C@@H]([C@@H]2c3ccccc3SCc3cccc(F)c32)N1C. The van der Waals surface area contributed by atoms with Crippen molar-refractivity contribution in [1.82, 2.24) is 19.8 Å². The zero-order chi connectivity index (χ0) is 21.9. The Bertz CT molecular complexity index is 1280. The molecular weight excluding hydrogens is 419 g/mol. The first kappa shape index (κ1) is 19.8. The first-order valence-corrected chi connectivity index (χ1v) is 10.7. The van der Waals surface area contributed by atoms with Crippen LogP contribution in [0.5, 0.6) is 5.75 Å². The molecule has 0 saturated heterocycles. The van der Waals surface area contributed by atoms with Crippen molar-refractivity contribution < 1.29 is 14.3 Å². The molecule has 7 nitrogen and oxygen atoms in total. The number of hydrogen-bond donors (Lipinski definition) is 1. The summed E-state index contributed by atoms with van der Waals surface area (Å²) in [5.74, 6) is -1.52. The van der Waals surface area contributed by atoms with Gasteiger partial charge in [-0.15, -0.1) is 11.8 Å². The van der Waals surface area contributed by atoms with Crippen LogP contribution >= 0.6 is 11.8 Å². The molecule has 0 radical (unpaired) electrons. The monoisotopic (exact) mass is 438 g/mol. The van der Waals surface area contributed by atoms with Gasteiger partial charge in [0.2, 0.25) is 5.43 Å². The third-order valence-corrected chi connectivity index (χ3v) is 7.12. The van der Waals surface area contributed by atoms with Gasteiger partial charge in [-0.2, -0.15) is 10.1 Å². The zero-order valence-electron chi connectivity index (χ0n) is 16.8. The summed E-state index contributed by atoms with van der Waals surface area (Å²) in [7, 11) is 3.26. The number of likely N-dealkylation sites (N-methyl/N-ethyl adjacent to an activating group) is 1. The van der Waals surface area contributed by atoms with Crippen molar-refractivity contribution in [1.29, 1.82) is 0 Å². The van der Waals surface area contributed by atoms with Gasteiger partial charge >= 0.3 is 0 Å². The maximum absolute atomic E-state index is 15.3. The van der Waals surface area contributed by atoms with Crippen molar-refractivity contribution in [3.63, 3.8) is 0 Å². The molecule has 2 aliphatic rings. The topological polar surface area (TPSA) is 78.7 Å². The number of hydrazine groups is 1. The van der Waals surface area contributed by atoms with E-state index in [2.05, 4.69) is 5.10 Å². The van der Waals surface area contributed by atoms with E-state index in [9.17, 15) is 14.7 Å². The van der Waals surface area contributed by atoms with E-state index in [1.165, 1.54) is 15.8 Å². The van der Waals surface area contributed by atoms with E-state index in [-0.39, 0.29) is 11.5 Å². The fraction of sp³-hybridized carbons (Fsp3) is 0.227. The molecule has 1 amide bonds. The number of halogens is 1. The highest BCUT2D eigenvalue weighted by Crippen LogP contribution is 2.48. The molecule has 2 atom stereocenters. The Kier molecular flexibility index (Phi) is 4.60. The lowest BCUT2D eigenvalue weighted by molar-refractivity contribution is -0.0543. The first-order valence-electron chi connectivity index (χ1n) is 9.70. The Labute approximate surface area is 181 Å². The molecule has 158 valence electrons. The number of benzene rings is 2. The number of hydrogen-bond acceptors (Lipinski definition) is 6. The summed E-state index contributed by atoms with van der Waals surface area (Å²) in [6.45, 7) is 0. The molecular formula is C22H19FN4O3S. The number of nitrogens with zero attached hydrogens (tertiary/aromatic N) is 4. The molecule has 0 unspecified atom stereocenters. The van der Waals surface area contributed by atoms with Crippen LogP contribution in [0.25, 0.3) is 0 Å². The van der Waals surface area contributed by atoms with E-state index in [0.717, 1.165) is 22.2 Å². The van der Waals surface area contributed by atoms with Gasteiger partial charge in [-0.05, 0) is 23.3 Å². The van der Waals surface area contributed by atoms with E-state index < -0.39 is 29.2 Å². The van der Waals surface area contributed by atoms with E-state index in [0.29, 0.717) is 11.3 Å². The molecule has 0 bridgehead atoms. The van der Waals surface area contributed by atoms with Crippen LogP contribution in [0.2, 0.25) is 0 Å². The minimum atomic E-state index is -0.736. The fourth-order valence-electron chi connectivity index (χ4n) is 4.39. The van der Waals surface area contributed by atoms with Crippen LogP contribution in [-0.2, 0) is 5.75 Å². The molecule has 1 N–H and O–H groups in total. The van der Waals surface area contributed by atoms with Gasteiger partial charge in [-0.3, -0.25) is 14.6 Å². The number of rotatable bonds is 1. The van der Waals surface area contributed by atoms with E-state index in [1.807, 2.05) is 30.3 Å². The second-order valence-electron chi connectivity index (χ2n) is 7.58. The van der Waals surface area contributed by atoms with Crippen LogP contribution in [0.1, 0.15) is 39.3 Å². The minimum absolute atomic E-state index is 0.203. The zero-order valence-corrected chi connectivity index (χ0v) is 17.6. The third-order valence-electron chi connectivity index (χ3n) is 5.98. The Hall–Kier alpha value is -3.17. The highest BCUT2D eigenvalue weighted by molar-refractivity contribution is 7.98. The van der Waals surface area contributed by atoms with Gasteiger partial charge in [0.25, 0.3) is 5.91 Å². The van der Waals surface area contributed by atoms with Gasteiger partial charge in [0, 0.05) is 30.3 Å². The molecule has 0 fully saturated rings. The minimum Gasteiger partial charge on any atom is -0.502 e. The smallest absolute Gasteiger partial charge is 0.290 e. The van der Waals surface area contributed by atoms with Crippen LogP contribution in [-0.4, -0.2) is 44.9 Å². The molecule has 31 heavy (non-hydrogen) atoms. The summed E-state index contributed by atoms with van der Waals surface area (Å²) < 4.78 is 16.7. The fourth-order valence-corrected chi connectivity index (χ4v) is 5.49. The number of carbonyl (C=O) groups is 1. The lowest BCUT2D eigenvalue weighted by atomic mass is 9.85. The molecule has 2 aromatic carbocycles. The summed E-state index contributed by atoms with van der Waals surface area (Å²) >= 11 is 1.62. The van der Waals surface area contributed by atoms with Crippen molar-refractivity contribution in [2.75, 3.05) is 14.1 Å². The Balaban J connectivity index is 1.85. The van der Waals surface area contributed by atoms with E-state index in [1.54, 1.807) is 36.9 Å². The van der Waals surface area contributed by atoms with Crippen LogP contribution in [0, 0.1) is 5.82 Å². The number of fused-ring (bicyclic) bond motifs is 3. The number of aromatic hydroxyl groups is 1.